The molecule has 124 valence electrons. The Morgan fingerprint density at radius 3 is 2.61 bits per heavy atom. The normalized spacial score (nSPS) is 12.4. The van der Waals surface area contributed by atoms with Gasteiger partial charge >= 0.3 is 5.97 Å². The Bertz CT molecular complexity index is 763. The maximum atomic E-state index is 12.0. The third kappa shape index (κ3) is 4.46. The molecule has 0 saturated carbocycles. The van der Waals surface area contributed by atoms with E-state index < -0.39 is 17.5 Å². The van der Waals surface area contributed by atoms with Gasteiger partial charge in [0.15, 0.2) is 5.43 Å². The molecule has 1 heterocycles. The summed E-state index contributed by atoms with van der Waals surface area (Å²) in [6.45, 7) is 0. The highest BCUT2D eigenvalue weighted by Gasteiger charge is 2.13. The van der Waals surface area contributed by atoms with Crippen LogP contribution in [-0.4, -0.2) is 32.5 Å². The van der Waals surface area contributed by atoms with Crippen molar-refractivity contribution in [2.24, 2.45) is 0 Å². The number of carboxylic acids is 1. The molecule has 2 aromatic rings. The molecule has 0 bridgehead atoms. The van der Waals surface area contributed by atoms with E-state index >= 15 is 0 Å². The van der Waals surface area contributed by atoms with Crippen LogP contribution in [0.3, 0.4) is 0 Å². The van der Waals surface area contributed by atoms with Crippen molar-refractivity contribution < 1.29 is 29.6 Å². The fraction of sp³-hybridized carbons (Fsp3) is 0.375. The zero-order valence-electron chi connectivity index (χ0n) is 12.4. The summed E-state index contributed by atoms with van der Waals surface area (Å²) in [7, 11) is 0. The standard InChI is InChI=1S/C16H18O7/c17-9(3-1-2-4-15(21)22)5-11-8-13(20)16-12(19)6-10(18)7-14(16)23-11/h6-9,17-19H,1-5H2,(H,21,22)/t9-/m1/s1. The molecule has 23 heavy (non-hydrogen) atoms. The van der Waals surface area contributed by atoms with Crippen LogP contribution in [0.1, 0.15) is 31.4 Å². The smallest absolute Gasteiger partial charge is 0.303 e. The van der Waals surface area contributed by atoms with Crippen molar-refractivity contribution in [3.05, 3.63) is 34.2 Å². The second-order valence-electron chi connectivity index (χ2n) is 5.41. The van der Waals surface area contributed by atoms with Gasteiger partial charge in [-0.25, -0.2) is 0 Å². The second-order valence-corrected chi connectivity index (χ2v) is 5.41. The van der Waals surface area contributed by atoms with E-state index in [2.05, 4.69) is 0 Å². The van der Waals surface area contributed by atoms with Crippen LogP contribution in [0.2, 0.25) is 0 Å². The third-order valence-corrected chi connectivity index (χ3v) is 3.46. The summed E-state index contributed by atoms with van der Waals surface area (Å²) < 4.78 is 5.45. The van der Waals surface area contributed by atoms with Crippen LogP contribution in [0.4, 0.5) is 0 Å². The first-order valence-electron chi connectivity index (χ1n) is 7.25. The third-order valence-electron chi connectivity index (χ3n) is 3.46. The number of aliphatic hydroxyl groups is 1. The van der Waals surface area contributed by atoms with Crippen molar-refractivity contribution in [2.75, 3.05) is 0 Å². The Labute approximate surface area is 131 Å². The Hall–Kier alpha value is -2.54. The number of phenolic OH excluding ortho intramolecular Hbond substituents is 2. The number of phenols is 2. The summed E-state index contributed by atoms with van der Waals surface area (Å²) in [5.41, 5.74) is -0.417. The molecule has 0 radical (unpaired) electrons. The van der Waals surface area contributed by atoms with Crippen LogP contribution in [0.25, 0.3) is 11.0 Å². The first kappa shape index (κ1) is 16.8. The monoisotopic (exact) mass is 322 g/mol. The van der Waals surface area contributed by atoms with Crippen molar-refractivity contribution in [1.29, 1.82) is 0 Å². The van der Waals surface area contributed by atoms with Gasteiger partial charge in [0.2, 0.25) is 0 Å². The number of aromatic hydroxyl groups is 2. The minimum Gasteiger partial charge on any atom is -0.508 e. The Morgan fingerprint density at radius 2 is 1.91 bits per heavy atom. The maximum Gasteiger partial charge on any atom is 0.303 e. The van der Waals surface area contributed by atoms with Gasteiger partial charge in [0, 0.05) is 31.0 Å². The maximum absolute atomic E-state index is 12.0. The van der Waals surface area contributed by atoms with Crippen LogP contribution >= 0.6 is 0 Å². The Balaban J connectivity index is 2.08. The molecule has 0 spiro atoms. The van der Waals surface area contributed by atoms with Crippen LogP contribution < -0.4 is 5.43 Å². The molecule has 7 heteroatoms. The van der Waals surface area contributed by atoms with Crippen LogP contribution in [0.15, 0.2) is 27.4 Å². The van der Waals surface area contributed by atoms with E-state index in [0.717, 1.165) is 6.07 Å². The highest BCUT2D eigenvalue weighted by Crippen LogP contribution is 2.28. The highest BCUT2D eigenvalue weighted by atomic mass is 16.4. The number of carboxylic acid groups (broad SMARTS) is 1. The van der Waals surface area contributed by atoms with Crippen molar-refractivity contribution in [3.63, 3.8) is 0 Å². The van der Waals surface area contributed by atoms with Gasteiger partial charge < -0.3 is 24.8 Å². The number of hydrogen-bond acceptors (Lipinski definition) is 6. The molecule has 1 aromatic heterocycles. The van der Waals surface area contributed by atoms with Gasteiger partial charge in [-0.3, -0.25) is 9.59 Å². The lowest BCUT2D eigenvalue weighted by Gasteiger charge is -2.10. The Kier molecular flexibility index (Phi) is 5.23. The fourth-order valence-corrected chi connectivity index (χ4v) is 2.39. The van der Waals surface area contributed by atoms with Crippen molar-refractivity contribution in [3.8, 4) is 11.5 Å². The molecule has 0 saturated heterocycles. The topological polar surface area (TPSA) is 128 Å². The lowest BCUT2D eigenvalue weighted by Crippen LogP contribution is -2.12. The van der Waals surface area contributed by atoms with Gasteiger partial charge in [-0.05, 0) is 12.8 Å². The van der Waals surface area contributed by atoms with E-state index in [-0.39, 0.29) is 41.1 Å². The summed E-state index contributed by atoms with van der Waals surface area (Å²) >= 11 is 0. The molecule has 7 nitrogen and oxygen atoms in total. The molecule has 4 N–H and O–H groups in total. The van der Waals surface area contributed by atoms with Crippen LogP contribution in [-0.2, 0) is 11.2 Å². The lowest BCUT2D eigenvalue weighted by molar-refractivity contribution is -0.137. The van der Waals surface area contributed by atoms with E-state index in [1.807, 2.05) is 0 Å². The number of aliphatic hydroxyl groups excluding tert-OH is 1. The molecule has 0 aliphatic heterocycles. The van der Waals surface area contributed by atoms with Crippen LogP contribution in [0.5, 0.6) is 11.5 Å². The fourth-order valence-electron chi connectivity index (χ4n) is 2.39. The summed E-state index contributed by atoms with van der Waals surface area (Å²) in [6, 6.07) is 3.47. The van der Waals surface area contributed by atoms with Gasteiger partial charge in [-0.15, -0.1) is 0 Å². The first-order chi connectivity index (χ1) is 10.9. The summed E-state index contributed by atoms with van der Waals surface area (Å²) in [5, 5.41) is 37.6. The van der Waals surface area contributed by atoms with Crippen molar-refractivity contribution >= 4 is 16.9 Å². The molecule has 1 aromatic carbocycles. The molecule has 0 aliphatic carbocycles. The van der Waals surface area contributed by atoms with E-state index in [9.17, 15) is 24.9 Å². The second kappa shape index (κ2) is 7.15. The number of rotatable bonds is 7. The molecule has 0 unspecified atom stereocenters. The first-order valence-corrected chi connectivity index (χ1v) is 7.25. The number of unbranched alkanes of at least 4 members (excludes halogenated alkanes) is 1. The summed E-state index contributed by atoms with van der Waals surface area (Å²) in [6.07, 6.45) is 0.781. The van der Waals surface area contributed by atoms with Crippen LogP contribution in [0, 0.1) is 0 Å². The average molecular weight is 322 g/mol. The zero-order valence-corrected chi connectivity index (χ0v) is 12.4. The predicted octanol–water partition coefficient (Wildman–Crippen LogP) is 1.75. The number of aliphatic carboxylic acids is 1. The van der Waals surface area contributed by atoms with Gasteiger partial charge in [0.1, 0.15) is 28.2 Å². The molecular weight excluding hydrogens is 304 g/mol. The largest absolute Gasteiger partial charge is 0.508 e. The van der Waals surface area contributed by atoms with E-state index in [1.165, 1.54) is 12.1 Å². The summed E-state index contributed by atoms with van der Waals surface area (Å²) in [5.74, 6) is -1.24. The number of benzene rings is 1. The van der Waals surface area contributed by atoms with Gasteiger partial charge in [0.05, 0.1) is 6.10 Å². The molecule has 0 fully saturated rings. The highest BCUT2D eigenvalue weighted by molar-refractivity contribution is 5.84. The quantitative estimate of drug-likeness (QED) is 0.572. The van der Waals surface area contributed by atoms with Gasteiger partial charge in [-0.2, -0.15) is 0 Å². The van der Waals surface area contributed by atoms with Gasteiger partial charge in [0.25, 0.3) is 0 Å². The number of fused-ring (bicyclic) bond motifs is 1. The lowest BCUT2D eigenvalue weighted by atomic mass is 10.1. The molecule has 0 amide bonds. The van der Waals surface area contributed by atoms with Crippen molar-refractivity contribution in [1.82, 2.24) is 0 Å². The van der Waals surface area contributed by atoms with Crippen molar-refractivity contribution in [2.45, 2.75) is 38.2 Å². The van der Waals surface area contributed by atoms with E-state index in [0.29, 0.717) is 19.3 Å². The Morgan fingerprint density at radius 1 is 1.17 bits per heavy atom. The zero-order chi connectivity index (χ0) is 17.0. The predicted molar refractivity (Wildman–Crippen MR) is 81.6 cm³/mol. The summed E-state index contributed by atoms with van der Waals surface area (Å²) in [4.78, 5) is 22.4. The average Bonchev–Trinajstić information content (AvgIpc) is 2.42. The SMILES string of the molecule is O=C(O)CCCC[C@@H](O)Cc1cc(=O)c2c(O)cc(O)cc2o1. The van der Waals surface area contributed by atoms with Gasteiger partial charge in [-0.1, -0.05) is 6.42 Å². The van der Waals surface area contributed by atoms with E-state index in [1.54, 1.807) is 0 Å². The number of hydrogen-bond donors (Lipinski definition) is 4. The molecular formula is C16H18O7. The molecule has 0 aliphatic rings. The minimum absolute atomic E-state index is 0.0255. The minimum atomic E-state index is -0.875. The number of carbonyl (C=O) groups is 1. The molecule has 2 rings (SSSR count). The van der Waals surface area contributed by atoms with E-state index in [4.69, 9.17) is 9.52 Å². The molecule has 1 atom stereocenters.